The van der Waals surface area contributed by atoms with Gasteiger partial charge in [0, 0.05) is 5.56 Å². The lowest BCUT2D eigenvalue weighted by molar-refractivity contribution is -0.129. The topological polar surface area (TPSA) is 83.2 Å². The van der Waals surface area contributed by atoms with E-state index in [4.69, 9.17) is 18.7 Å². The molecule has 0 aliphatic carbocycles. The van der Waals surface area contributed by atoms with Crippen LogP contribution in [0.4, 0.5) is 0 Å². The van der Waals surface area contributed by atoms with Gasteiger partial charge in [-0.15, -0.1) is 0 Å². The molecule has 2 aromatic carbocycles. The normalized spacial score (nSPS) is 14.6. The molecule has 0 saturated carbocycles. The average Bonchev–Trinajstić information content (AvgIpc) is 3.29. The van der Waals surface area contributed by atoms with Gasteiger partial charge in [0.05, 0.1) is 18.4 Å². The maximum absolute atomic E-state index is 12.2. The van der Waals surface area contributed by atoms with Crippen molar-refractivity contribution in [2.24, 2.45) is 4.99 Å². The number of hydrogen-bond donors (Lipinski definition) is 0. The van der Waals surface area contributed by atoms with Crippen molar-refractivity contribution < 1.29 is 23.5 Å². The Bertz CT molecular complexity index is 1130. The molecule has 4 rings (SSSR count). The van der Waals surface area contributed by atoms with Crippen molar-refractivity contribution in [1.29, 1.82) is 0 Å². The van der Waals surface area contributed by atoms with E-state index in [0.717, 1.165) is 28.1 Å². The van der Waals surface area contributed by atoms with Crippen molar-refractivity contribution in [3.05, 3.63) is 82.4 Å². The van der Waals surface area contributed by atoms with Gasteiger partial charge in [0.1, 0.15) is 12.4 Å². The minimum atomic E-state index is -0.494. The summed E-state index contributed by atoms with van der Waals surface area (Å²) in [7, 11) is 1.56. The van der Waals surface area contributed by atoms with Crippen molar-refractivity contribution in [3.63, 3.8) is 0 Å². The molecule has 7 heteroatoms. The fraction of sp³-hybridized carbons (Fsp3) is 0.174. The Morgan fingerprint density at radius 2 is 1.87 bits per heavy atom. The van der Waals surface area contributed by atoms with Gasteiger partial charge >= 0.3 is 5.97 Å². The quantitative estimate of drug-likeness (QED) is 0.452. The maximum atomic E-state index is 12.2. The number of aliphatic imine (C=N–C) groups is 1. The Kier molecular flexibility index (Phi) is 5.34. The van der Waals surface area contributed by atoms with E-state index >= 15 is 0 Å². The second kappa shape index (κ2) is 8.24. The molecule has 30 heavy (non-hydrogen) atoms. The zero-order valence-corrected chi connectivity index (χ0v) is 16.8. The van der Waals surface area contributed by atoms with Gasteiger partial charge in [-0.1, -0.05) is 29.4 Å². The smallest absolute Gasteiger partial charge is 0.363 e. The van der Waals surface area contributed by atoms with Gasteiger partial charge in [0.2, 0.25) is 5.90 Å². The van der Waals surface area contributed by atoms with Crippen LogP contribution in [0.2, 0.25) is 0 Å². The third-order valence-electron chi connectivity index (χ3n) is 4.69. The first-order valence-electron chi connectivity index (χ1n) is 9.35. The van der Waals surface area contributed by atoms with Crippen LogP contribution in [0.15, 0.2) is 63.7 Å². The predicted molar refractivity (Wildman–Crippen MR) is 110 cm³/mol. The van der Waals surface area contributed by atoms with Crippen LogP contribution >= 0.6 is 0 Å². The van der Waals surface area contributed by atoms with Gasteiger partial charge < -0.3 is 18.7 Å². The van der Waals surface area contributed by atoms with Crippen LogP contribution in [0.5, 0.6) is 11.5 Å². The van der Waals surface area contributed by atoms with E-state index in [2.05, 4.69) is 10.1 Å². The molecule has 0 fully saturated rings. The molecule has 0 N–H and O–H groups in total. The van der Waals surface area contributed by atoms with E-state index in [1.165, 1.54) is 0 Å². The highest BCUT2D eigenvalue weighted by Gasteiger charge is 2.24. The van der Waals surface area contributed by atoms with Crippen LogP contribution in [0.25, 0.3) is 6.08 Å². The molecular formula is C23H20N2O5. The van der Waals surface area contributed by atoms with Gasteiger partial charge in [0.15, 0.2) is 17.2 Å². The predicted octanol–water partition coefficient (Wildman–Crippen LogP) is 4.22. The van der Waals surface area contributed by atoms with Crippen molar-refractivity contribution in [3.8, 4) is 11.5 Å². The highest BCUT2D eigenvalue weighted by Crippen LogP contribution is 2.31. The third-order valence-corrected chi connectivity index (χ3v) is 4.69. The van der Waals surface area contributed by atoms with Crippen molar-refractivity contribution in [2.75, 3.05) is 7.11 Å². The number of carbonyl (C=O) groups excluding carboxylic acids is 1. The molecule has 0 radical (unpaired) electrons. The summed E-state index contributed by atoms with van der Waals surface area (Å²) in [4.78, 5) is 16.5. The molecule has 152 valence electrons. The summed E-state index contributed by atoms with van der Waals surface area (Å²) >= 11 is 0. The number of rotatable bonds is 6. The molecule has 1 aromatic heterocycles. The van der Waals surface area contributed by atoms with Gasteiger partial charge in [0.25, 0.3) is 0 Å². The summed E-state index contributed by atoms with van der Waals surface area (Å²) in [5.74, 6) is 1.63. The maximum Gasteiger partial charge on any atom is 0.363 e. The van der Waals surface area contributed by atoms with Crippen LogP contribution in [0.1, 0.15) is 28.1 Å². The number of benzene rings is 2. The molecule has 0 spiro atoms. The number of ether oxygens (including phenoxy) is 3. The molecule has 0 atom stereocenters. The lowest BCUT2D eigenvalue weighted by Gasteiger charge is -2.11. The monoisotopic (exact) mass is 404 g/mol. The zero-order chi connectivity index (χ0) is 21.1. The first-order valence-corrected chi connectivity index (χ1v) is 9.35. The summed E-state index contributed by atoms with van der Waals surface area (Å²) in [6.07, 6.45) is 1.65. The van der Waals surface area contributed by atoms with Crippen LogP contribution < -0.4 is 9.47 Å². The lowest BCUT2D eigenvalue weighted by atomic mass is 10.1. The first-order chi connectivity index (χ1) is 14.5. The Hall–Kier alpha value is -3.87. The molecule has 1 aliphatic heterocycles. The van der Waals surface area contributed by atoms with Crippen LogP contribution in [0, 0.1) is 13.8 Å². The Labute approximate surface area is 173 Å². The lowest BCUT2D eigenvalue weighted by Crippen LogP contribution is -2.04. The molecule has 0 saturated heterocycles. The second-order valence-electron chi connectivity index (χ2n) is 6.70. The van der Waals surface area contributed by atoms with Gasteiger partial charge in [-0.2, -0.15) is 0 Å². The summed E-state index contributed by atoms with van der Waals surface area (Å²) in [5.41, 5.74) is 3.40. The van der Waals surface area contributed by atoms with E-state index < -0.39 is 5.97 Å². The minimum Gasteiger partial charge on any atom is -0.493 e. The SMILES string of the molecule is COc1cc(/C=C2\N=C(c3ccccc3)OC2=O)ccc1OCc1c(C)noc1C. The number of aryl methyl sites for hydroxylation is 2. The second-order valence-corrected chi connectivity index (χ2v) is 6.70. The number of aromatic nitrogens is 1. The number of hydrogen-bond acceptors (Lipinski definition) is 7. The summed E-state index contributed by atoms with van der Waals surface area (Å²) in [6, 6.07) is 14.7. The molecule has 0 unspecified atom stereocenters. The van der Waals surface area contributed by atoms with E-state index in [0.29, 0.717) is 24.0 Å². The minimum absolute atomic E-state index is 0.222. The van der Waals surface area contributed by atoms with Gasteiger partial charge in [-0.3, -0.25) is 0 Å². The Morgan fingerprint density at radius 1 is 1.07 bits per heavy atom. The summed E-state index contributed by atoms with van der Waals surface area (Å²) in [6.45, 7) is 4.03. The summed E-state index contributed by atoms with van der Waals surface area (Å²) < 4.78 is 21.8. The van der Waals surface area contributed by atoms with Crippen molar-refractivity contribution >= 4 is 17.9 Å². The van der Waals surface area contributed by atoms with Gasteiger partial charge in [-0.25, -0.2) is 9.79 Å². The average molecular weight is 404 g/mol. The number of nitrogens with zero attached hydrogens (tertiary/aromatic N) is 2. The van der Waals surface area contributed by atoms with E-state index in [1.807, 2.05) is 50.2 Å². The molecular weight excluding hydrogens is 384 g/mol. The molecule has 0 bridgehead atoms. The Morgan fingerprint density at radius 3 is 2.57 bits per heavy atom. The Balaban J connectivity index is 1.55. The first kappa shape index (κ1) is 19.4. The highest BCUT2D eigenvalue weighted by molar-refractivity contribution is 6.12. The molecule has 7 nitrogen and oxygen atoms in total. The van der Waals surface area contributed by atoms with E-state index in [1.54, 1.807) is 25.3 Å². The number of methoxy groups -OCH3 is 1. The molecule has 0 amide bonds. The fourth-order valence-corrected chi connectivity index (χ4v) is 3.02. The van der Waals surface area contributed by atoms with Crippen LogP contribution in [0.3, 0.4) is 0 Å². The van der Waals surface area contributed by atoms with Crippen molar-refractivity contribution in [2.45, 2.75) is 20.5 Å². The largest absolute Gasteiger partial charge is 0.493 e. The van der Waals surface area contributed by atoms with Gasteiger partial charge in [-0.05, 0) is 49.8 Å². The highest BCUT2D eigenvalue weighted by atomic mass is 16.6. The van der Waals surface area contributed by atoms with Crippen molar-refractivity contribution in [1.82, 2.24) is 5.16 Å². The molecule has 1 aliphatic rings. The summed E-state index contributed by atoms with van der Waals surface area (Å²) in [5, 5.41) is 3.93. The zero-order valence-electron chi connectivity index (χ0n) is 16.8. The molecule has 3 aromatic rings. The fourth-order valence-electron chi connectivity index (χ4n) is 3.02. The standard InChI is InChI=1S/C23H20N2O5/c1-14-18(15(2)30-25-14)13-28-20-10-9-16(12-21(20)27-3)11-19-23(26)29-22(24-19)17-7-5-4-6-8-17/h4-12H,13H2,1-3H3/b19-11-. The van der Waals surface area contributed by atoms with E-state index in [-0.39, 0.29) is 5.70 Å². The number of cyclic esters (lactones) is 1. The number of esters is 1. The van der Waals surface area contributed by atoms with Crippen LogP contribution in [-0.2, 0) is 16.1 Å². The molecule has 2 heterocycles. The van der Waals surface area contributed by atoms with E-state index in [9.17, 15) is 4.79 Å². The number of carbonyl (C=O) groups is 1. The van der Waals surface area contributed by atoms with Crippen LogP contribution in [-0.4, -0.2) is 24.1 Å². The third kappa shape index (κ3) is 3.96.